The molecular weight excluding hydrogens is 264 g/mol. The van der Waals surface area contributed by atoms with E-state index in [-0.39, 0.29) is 0 Å². The maximum atomic E-state index is 10.6. The number of rotatable bonds is 4. The number of carbonyl (C=O) groups excluding carboxylic acids is 2. The molecule has 0 aliphatic carbocycles. The lowest BCUT2D eigenvalue weighted by Gasteiger charge is -1.96. The topological polar surface area (TPSA) is 86.2 Å². The van der Waals surface area contributed by atoms with Crippen LogP contribution in [0.25, 0.3) is 0 Å². The molecule has 4 N–H and O–H groups in total. The van der Waals surface area contributed by atoms with Crippen LogP contribution in [0.3, 0.4) is 0 Å². The van der Waals surface area contributed by atoms with E-state index in [1.54, 1.807) is 0 Å². The maximum Gasteiger partial charge on any atom is 0.248 e. The number of allylic oxidation sites excluding steroid dienone is 4. The molecule has 21 heavy (non-hydrogen) atoms. The molecule has 1 aromatic rings. The van der Waals surface area contributed by atoms with Gasteiger partial charge in [0.1, 0.15) is 0 Å². The molecule has 2 amide bonds. The van der Waals surface area contributed by atoms with Crippen LogP contribution in [0.2, 0.25) is 0 Å². The zero-order valence-electron chi connectivity index (χ0n) is 13.1. The fourth-order valence-electron chi connectivity index (χ4n) is 1.26. The van der Waals surface area contributed by atoms with Gasteiger partial charge in [0.25, 0.3) is 0 Å². The lowest BCUT2D eigenvalue weighted by molar-refractivity contribution is 0.0988. The van der Waals surface area contributed by atoms with Crippen molar-refractivity contribution in [3.05, 3.63) is 58.7 Å². The van der Waals surface area contributed by atoms with Crippen molar-refractivity contribution < 1.29 is 9.59 Å². The van der Waals surface area contributed by atoms with Crippen LogP contribution >= 0.6 is 0 Å². The summed E-state index contributed by atoms with van der Waals surface area (Å²) in [6.45, 7) is 8.56. The van der Waals surface area contributed by atoms with Gasteiger partial charge in [-0.05, 0) is 51.5 Å². The third kappa shape index (κ3) is 7.72. The lowest BCUT2D eigenvalue weighted by Crippen LogP contribution is -2.13. The lowest BCUT2D eigenvalue weighted by atomic mass is 10.1. The number of carbonyl (C=O) groups is 2. The number of amides is 2. The van der Waals surface area contributed by atoms with Crippen LogP contribution in [0.5, 0.6) is 0 Å². The molecule has 114 valence electrons. The molecule has 0 radical (unpaired) electrons. The Labute approximate surface area is 126 Å². The highest BCUT2D eigenvalue weighted by molar-refractivity contribution is 5.96. The van der Waals surface area contributed by atoms with E-state index >= 15 is 0 Å². The van der Waals surface area contributed by atoms with Crippen LogP contribution in [0.15, 0.2) is 47.6 Å². The van der Waals surface area contributed by atoms with Crippen molar-refractivity contribution in [3.8, 4) is 0 Å². The van der Waals surface area contributed by atoms with Gasteiger partial charge in [0.15, 0.2) is 0 Å². The first kappa shape index (κ1) is 18.6. The van der Waals surface area contributed by atoms with Gasteiger partial charge in [-0.1, -0.05) is 30.2 Å². The van der Waals surface area contributed by atoms with Crippen LogP contribution in [0.4, 0.5) is 0 Å². The first-order valence-electron chi connectivity index (χ1n) is 6.79. The number of nitrogens with two attached hydrogens (primary N) is 2. The van der Waals surface area contributed by atoms with E-state index in [0.717, 1.165) is 6.42 Å². The Hall–Kier alpha value is -2.36. The van der Waals surface area contributed by atoms with Gasteiger partial charge in [0.05, 0.1) is 0 Å². The van der Waals surface area contributed by atoms with Gasteiger partial charge < -0.3 is 11.5 Å². The van der Waals surface area contributed by atoms with E-state index in [1.165, 1.54) is 35.4 Å². The molecule has 0 unspecified atom stereocenters. The first-order valence-corrected chi connectivity index (χ1v) is 6.79. The van der Waals surface area contributed by atoms with E-state index in [0.29, 0.717) is 11.1 Å². The molecule has 0 aliphatic rings. The monoisotopic (exact) mass is 288 g/mol. The summed E-state index contributed by atoms with van der Waals surface area (Å²) >= 11 is 0. The molecule has 0 atom stereocenters. The van der Waals surface area contributed by atoms with Crippen LogP contribution < -0.4 is 11.5 Å². The molecule has 0 saturated carbocycles. The summed E-state index contributed by atoms with van der Waals surface area (Å²) in [6, 6.07) is 5.84. The minimum absolute atomic E-state index is 0.361. The van der Waals surface area contributed by atoms with Gasteiger partial charge >= 0.3 is 0 Å². The predicted octanol–water partition coefficient (Wildman–Crippen LogP) is 3.19. The molecule has 0 spiro atoms. The van der Waals surface area contributed by atoms with Crippen LogP contribution in [-0.4, -0.2) is 11.8 Å². The van der Waals surface area contributed by atoms with Gasteiger partial charge in [0, 0.05) is 11.1 Å². The molecule has 0 aromatic heterocycles. The summed E-state index contributed by atoms with van der Waals surface area (Å²) < 4.78 is 0. The summed E-state index contributed by atoms with van der Waals surface area (Å²) in [7, 11) is 0. The summed E-state index contributed by atoms with van der Waals surface area (Å²) in [5.74, 6) is -1.04. The molecular formula is C17H24N2O2. The molecule has 0 bridgehead atoms. The highest BCUT2D eigenvalue weighted by atomic mass is 16.1. The highest BCUT2D eigenvalue weighted by Crippen LogP contribution is 2.03. The minimum atomic E-state index is -0.522. The average molecular weight is 288 g/mol. The average Bonchev–Trinajstić information content (AvgIpc) is 2.45. The predicted molar refractivity (Wildman–Crippen MR) is 87.0 cm³/mol. The van der Waals surface area contributed by atoms with Crippen LogP contribution in [-0.2, 0) is 0 Å². The SMILES string of the molecule is CCC=CC(C)=C(C)C.NC(=O)c1ccc(C(N)=O)cc1. The smallest absolute Gasteiger partial charge is 0.248 e. The van der Waals surface area contributed by atoms with Crippen LogP contribution in [0.1, 0.15) is 54.8 Å². The van der Waals surface area contributed by atoms with Gasteiger partial charge in [-0.15, -0.1) is 0 Å². The zero-order chi connectivity index (χ0) is 16.4. The zero-order valence-corrected chi connectivity index (χ0v) is 13.1. The van der Waals surface area contributed by atoms with E-state index < -0.39 is 11.8 Å². The summed E-state index contributed by atoms with van der Waals surface area (Å²) in [5.41, 5.74) is 13.5. The van der Waals surface area contributed by atoms with E-state index in [9.17, 15) is 9.59 Å². The standard InChI is InChI=1S/C9H16.C8H8N2O2/c1-5-6-7-9(4)8(2)3;9-7(11)5-1-2-6(4-3-5)8(10)12/h6-7H,5H2,1-4H3;1-4H,(H2,9,11)(H2,10,12). The number of hydrogen-bond donors (Lipinski definition) is 2. The summed E-state index contributed by atoms with van der Waals surface area (Å²) in [5, 5.41) is 0. The first-order chi connectivity index (χ1) is 9.79. The largest absolute Gasteiger partial charge is 0.366 e. The quantitative estimate of drug-likeness (QED) is 0.833. The number of benzene rings is 1. The highest BCUT2D eigenvalue weighted by Gasteiger charge is 2.02. The second kappa shape index (κ2) is 9.53. The number of primary amides is 2. The molecule has 0 aliphatic heterocycles. The maximum absolute atomic E-state index is 10.6. The molecule has 0 fully saturated rings. The van der Waals surface area contributed by atoms with Crippen molar-refractivity contribution in [1.29, 1.82) is 0 Å². The third-order valence-electron chi connectivity index (χ3n) is 2.85. The van der Waals surface area contributed by atoms with Crippen molar-refractivity contribution in [2.75, 3.05) is 0 Å². The third-order valence-corrected chi connectivity index (χ3v) is 2.85. The van der Waals surface area contributed by atoms with E-state index in [4.69, 9.17) is 11.5 Å². The van der Waals surface area contributed by atoms with Crippen molar-refractivity contribution in [3.63, 3.8) is 0 Å². The molecule has 1 aromatic carbocycles. The fourth-order valence-corrected chi connectivity index (χ4v) is 1.26. The summed E-state index contributed by atoms with van der Waals surface area (Å²) in [4.78, 5) is 21.2. The molecule has 1 rings (SSSR count). The van der Waals surface area contributed by atoms with Crippen molar-refractivity contribution in [1.82, 2.24) is 0 Å². The van der Waals surface area contributed by atoms with Crippen molar-refractivity contribution in [2.45, 2.75) is 34.1 Å². The Morgan fingerprint density at radius 3 is 1.57 bits per heavy atom. The van der Waals surface area contributed by atoms with E-state index in [1.807, 2.05) is 0 Å². The van der Waals surface area contributed by atoms with Gasteiger partial charge in [-0.25, -0.2) is 0 Å². The molecule has 4 nitrogen and oxygen atoms in total. The van der Waals surface area contributed by atoms with E-state index in [2.05, 4.69) is 39.8 Å². The summed E-state index contributed by atoms with van der Waals surface area (Å²) in [6.07, 6.45) is 5.49. The Morgan fingerprint density at radius 2 is 1.33 bits per heavy atom. The Morgan fingerprint density at radius 1 is 0.952 bits per heavy atom. The normalized spacial score (nSPS) is 9.71. The van der Waals surface area contributed by atoms with Crippen LogP contribution in [0, 0.1) is 0 Å². The Balaban J connectivity index is 0.000000400. The van der Waals surface area contributed by atoms with Crippen molar-refractivity contribution in [2.24, 2.45) is 11.5 Å². The molecule has 0 heterocycles. The molecule has 4 heteroatoms. The second-order valence-electron chi connectivity index (χ2n) is 4.80. The Bertz CT molecular complexity index is 503. The van der Waals surface area contributed by atoms with Gasteiger partial charge in [-0.2, -0.15) is 0 Å². The second-order valence-corrected chi connectivity index (χ2v) is 4.80. The molecule has 0 saturated heterocycles. The van der Waals surface area contributed by atoms with Gasteiger partial charge in [-0.3, -0.25) is 9.59 Å². The fraction of sp³-hybridized carbons (Fsp3) is 0.294. The van der Waals surface area contributed by atoms with Gasteiger partial charge in [0.2, 0.25) is 11.8 Å². The van der Waals surface area contributed by atoms with Crippen molar-refractivity contribution >= 4 is 11.8 Å². The minimum Gasteiger partial charge on any atom is -0.366 e. The number of hydrogen-bond acceptors (Lipinski definition) is 2. The Kier molecular flexibility index (Phi) is 8.46.